The molecule has 0 aromatic heterocycles. The third-order valence-corrected chi connectivity index (χ3v) is 7.07. The molecule has 9 heteroatoms. The highest BCUT2D eigenvalue weighted by Crippen LogP contribution is 2.30. The van der Waals surface area contributed by atoms with Crippen LogP contribution in [0.25, 0.3) is 0 Å². The normalized spacial score (nSPS) is 11.1. The molecule has 0 saturated heterocycles. The Balaban J connectivity index is 1.73. The van der Waals surface area contributed by atoms with Gasteiger partial charge >= 0.3 is 0 Å². The van der Waals surface area contributed by atoms with Crippen molar-refractivity contribution in [3.8, 4) is 5.75 Å². The summed E-state index contributed by atoms with van der Waals surface area (Å²) >= 11 is 12.1. The number of rotatable bonds is 9. The molecule has 3 aromatic rings. The van der Waals surface area contributed by atoms with Crippen LogP contribution in [-0.2, 0) is 14.8 Å². The van der Waals surface area contributed by atoms with Gasteiger partial charge in [0.1, 0.15) is 18.9 Å². The number of nitrogens with zero attached hydrogens (tertiary/aromatic N) is 1. The van der Waals surface area contributed by atoms with E-state index in [9.17, 15) is 13.2 Å². The van der Waals surface area contributed by atoms with E-state index >= 15 is 0 Å². The Morgan fingerprint density at radius 3 is 2.34 bits per heavy atom. The van der Waals surface area contributed by atoms with Crippen LogP contribution in [0.15, 0.2) is 77.7 Å². The highest BCUT2D eigenvalue weighted by molar-refractivity contribution is 7.92. The summed E-state index contributed by atoms with van der Waals surface area (Å²) < 4.78 is 33.3. The van der Waals surface area contributed by atoms with Gasteiger partial charge in [0.05, 0.1) is 17.1 Å². The number of amides is 1. The zero-order valence-corrected chi connectivity index (χ0v) is 19.6. The fourth-order valence-electron chi connectivity index (χ4n) is 2.96. The van der Waals surface area contributed by atoms with E-state index in [0.717, 1.165) is 4.31 Å². The minimum absolute atomic E-state index is 0.0817. The van der Waals surface area contributed by atoms with E-state index in [2.05, 4.69) is 5.32 Å². The van der Waals surface area contributed by atoms with E-state index in [1.165, 1.54) is 12.1 Å². The predicted molar refractivity (Wildman–Crippen MR) is 127 cm³/mol. The van der Waals surface area contributed by atoms with Crippen LogP contribution in [0.3, 0.4) is 0 Å². The molecule has 3 aromatic carbocycles. The molecule has 1 N–H and O–H groups in total. The molecule has 0 heterocycles. The molecule has 0 aliphatic rings. The van der Waals surface area contributed by atoms with Gasteiger partial charge in [-0.3, -0.25) is 9.10 Å². The average Bonchev–Trinajstić information content (AvgIpc) is 2.79. The van der Waals surface area contributed by atoms with E-state index in [0.29, 0.717) is 27.0 Å². The molecular formula is C23H22Cl2N2O4S. The van der Waals surface area contributed by atoms with Crippen LogP contribution < -0.4 is 14.4 Å². The fourth-order valence-corrected chi connectivity index (χ4v) is 4.76. The monoisotopic (exact) mass is 492 g/mol. The first-order valence-corrected chi connectivity index (χ1v) is 12.0. The second kappa shape index (κ2) is 10.7. The zero-order valence-electron chi connectivity index (χ0n) is 17.3. The van der Waals surface area contributed by atoms with Crippen LogP contribution >= 0.6 is 23.2 Å². The van der Waals surface area contributed by atoms with Gasteiger partial charge in [0.25, 0.3) is 10.0 Å². The Labute approximate surface area is 197 Å². The van der Waals surface area contributed by atoms with Gasteiger partial charge in [-0.2, -0.15) is 0 Å². The van der Waals surface area contributed by atoms with E-state index in [-0.39, 0.29) is 18.0 Å². The van der Waals surface area contributed by atoms with Crippen molar-refractivity contribution < 1.29 is 17.9 Å². The molecule has 0 spiro atoms. The molecule has 0 saturated carbocycles. The van der Waals surface area contributed by atoms with Crippen LogP contribution in [0.1, 0.15) is 5.56 Å². The van der Waals surface area contributed by atoms with Crippen LogP contribution in [0, 0.1) is 6.92 Å². The summed E-state index contributed by atoms with van der Waals surface area (Å²) in [6, 6.07) is 19.7. The van der Waals surface area contributed by atoms with Gasteiger partial charge in [-0.05, 0) is 61.0 Å². The largest absolute Gasteiger partial charge is 0.492 e. The summed E-state index contributed by atoms with van der Waals surface area (Å²) in [6.45, 7) is 1.73. The molecule has 6 nitrogen and oxygen atoms in total. The van der Waals surface area contributed by atoms with Crippen molar-refractivity contribution in [2.45, 2.75) is 11.8 Å². The Hall–Kier alpha value is -2.74. The summed E-state index contributed by atoms with van der Waals surface area (Å²) in [7, 11) is -4.00. The molecule has 3 rings (SSSR count). The maximum absolute atomic E-state index is 13.3. The minimum atomic E-state index is -4.00. The summed E-state index contributed by atoms with van der Waals surface area (Å²) in [5, 5.41) is 3.70. The van der Waals surface area contributed by atoms with E-state index in [1.807, 2.05) is 0 Å². The number of carbonyl (C=O) groups is 1. The number of hydrogen-bond acceptors (Lipinski definition) is 4. The lowest BCUT2D eigenvalue weighted by atomic mass is 10.2. The first kappa shape index (κ1) is 23.9. The lowest BCUT2D eigenvalue weighted by molar-refractivity contribution is -0.119. The quantitative estimate of drug-likeness (QED) is 0.439. The van der Waals surface area contributed by atoms with Gasteiger partial charge in [-0.25, -0.2) is 8.42 Å². The van der Waals surface area contributed by atoms with E-state index in [4.69, 9.17) is 27.9 Å². The molecular weight excluding hydrogens is 471 g/mol. The summed E-state index contributed by atoms with van der Waals surface area (Å²) in [5.41, 5.74) is 0.904. The third-order valence-electron chi connectivity index (χ3n) is 4.63. The number of halogens is 2. The summed E-state index contributed by atoms with van der Waals surface area (Å²) in [5.74, 6) is 0.148. The molecule has 32 heavy (non-hydrogen) atoms. The predicted octanol–water partition coefficient (Wildman–Crippen LogP) is 4.69. The van der Waals surface area contributed by atoms with Crippen LogP contribution in [0.4, 0.5) is 5.69 Å². The van der Waals surface area contributed by atoms with Crippen LogP contribution in [0.2, 0.25) is 10.0 Å². The molecule has 0 radical (unpaired) electrons. The molecule has 0 atom stereocenters. The maximum Gasteiger partial charge on any atom is 0.264 e. The Bertz CT molecular complexity index is 1170. The first-order chi connectivity index (χ1) is 15.3. The Morgan fingerprint density at radius 2 is 1.66 bits per heavy atom. The third kappa shape index (κ3) is 5.94. The number of hydrogen-bond donors (Lipinski definition) is 1. The standard InChI is InChI=1S/C23H22Cl2N2O4S/c1-17-21(25)8-5-9-22(17)27(32(29,30)20-6-3-2-4-7-20)16-23(28)26-14-15-31-19-12-10-18(24)11-13-19/h2-13H,14-16H2,1H3,(H,26,28). The van der Waals surface area contributed by atoms with Crippen molar-refractivity contribution >= 4 is 44.8 Å². The Kier molecular flexibility index (Phi) is 8.01. The van der Waals surface area contributed by atoms with Gasteiger partial charge in [0.15, 0.2) is 0 Å². The van der Waals surface area contributed by atoms with Crippen molar-refractivity contribution in [3.63, 3.8) is 0 Å². The minimum Gasteiger partial charge on any atom is -0.492 e. The molecule has 0 bridgehead atoms. The van der Waals surface area contributed by atoms with Crippen molar-refractivity contribution in [1.82, 2.24) is 5.32 Å². The number of anilines is 1. The van der Waals surface area contributed by atoms with Crippen LogP contribution in [-0.4, -0.2) is 34.0 Å². The lowest BCUT2D eigenvalue weighted by Crippen LogP contribution is -2.42. The molecule has 168 valence electrons. The number of benzene rings is 3. The number of nitrogens with one attached hydrogen (secondary N) is 1. The SMILES string of the molecule is Cc1c(Cl)cccc1N(CC(=O)NCCOc1ccc(Cl)cc1)S(=O)(=O)c1ccccc1. The van der Waals surface area contributed by atoms with Gasteiger partial charge in [-0.1, -0.05) is 47.5 Å². The lowest BCUT2D eigenvalue weighted by Gasteiger charge is -2.26. The number of ether oxygens (including phenoxy) is 1. The van der Waals surface area contributed by atoms with E-state index < -0.39 is 22.5 Å². The summed E-state index contributed by atoms with van der Waals surface area (Å²) in [4.78, 5) is 12.7. The van der Waals surface area contributed by atoms with Crippen LogP contribution in [0.5, 0.6) is 5.75 Å². The Morgan fingerprint density at radius 1 is 0.969 bits per heavy atom. The van der Waals surface area contributed by atoms with E-state index in [1.54, 1.807) is 67.6 Å². The van der Waals surface area contributed by atoms with Crippen molar-refractivity contribution in [2.75, 3.05) is 24.0 Å². The zero-order chi connectivity index (χ0) is 23.1. The highest BCUT2D eigenvalue weighted by Gasteiger charge is 2.28. The average molecular weight is 493 g/mol. The summed E-state index contributed by atoms with van der Waals surface area (Å²) in [6.07, 6.45) is 0. The van der Waals surface area contributed by atoms with Gasteiger partial charge in [0, 0.05) is 10.0 Å². The van der Waals surface area contributed by atoms with Gasteiger partial charge < -0.3 is 10.1 Å². The molecule has 1 amide bonds. The topological polar surface area (TPSA) is 75.7 Å². The molecule has 0 aliphatic carbocycles. The highest BCUT2D eigenvalue weighted by atomic mass is 35.5. The van der Waals surface area contributed by atoms with Crippen molar-refractivity contribution in [2.24, 2.45) is 0 Å². The fraction of sp³-hybridized carbons (Fsp3) is 0.174. The first-order valence-electron chi connectivity index (χ1n) is 9.77. The molecule has 0 aliphatic heterocycles. The smallest absolute Gasteiger partial charge is 0.264 e. The maximum atomic E-state index is 13.3. The van der Waals surface area contributed by atoms with Gasteiger partial charge in [-0.15, -0.1) is 0 Å². The van der Waals surface area contributed by atoms with Crippen molar-refractivity contribution in [1.29, 1.82) is 0 Å². The number of sulfonamides is 1. The second-order valence-electron chi connectivity index (χ2n) is 6.86. The number of carbonyl (C=O) groups excluding carboxylic acids is 1. The second-order valence-corrected chi connectivity index (χ2v) is 9.57. The molecule has 0 fully saturated rings. The van der Waals surface area contributed by atoms with Gasteiger partial charge in [0.2, 0.25) is 5.91 Å². The molecule has 0 unspecified atom stereocenters. The van der Waals surface area contributed by atoms with Crippen molar-refractivity contribution in [3.05, 3.63) is 88.4 Å².